The van der Waals surface area contributed by atoms with E-state index in [4.69, 9.17) is 4.74 Å². The fourth-order valence-corrected chi connectivity index (χ4v) is 2.55. The van der Waals surface area contributed by atoms with E-state index in [-0.39, 0.29) is 12.1 Å². The second-order valence-corrected chi connectivity index (χ2v) is 5.79. The number of nitrogens with zero attached hydrogens (tertiary/aromatic N) is 1. The van der Waals surface area contributed by atoms with Gasteiger partial charge in [0.25, 0.3) is 0 Å². The van der Waals surface area contributed by atoms with Crippen molar-refractivity contribution < 1.29 is 9.84 Å². The van der Waals surface area contributed by atoms with Gasteiger partial charge in [-0.2, -0.15) is 0 Å². The third-order valence-electron chi connectivity index (χ3n) is 3.97. The third kappa shape index (κ3) is 4.84. The standard InChI is InChI=1S/C14H30N2O2/c1-5-15-14(3,11-17)10-16(8-9-18-4)12(2)13-6-7-13/h12-13,15,17H,5-11H2,1-4H3. The maximum absolute atomic E-state index is 9.61. The van der Waals surface area contributed by atoms with E-state index in [9.17, 15) is 5.11 Å². The number of ether oxygens (including phenoxy) is 1. The Labute approximate surface area is 112 Å². The molecule has 4 heteroatoms. The van der Waals surface area contributed by atoms with Crippen molar-refractivity contribution in [2.75, 3.05) is 40.0 Å². The van der Waals surface area contributed by atoms with Gasteiger partial charge < -0.3 is 15.2 Å². The Balaban J connectivity index is 2.57. The van der Waals surface area contributed by atoms with E-state index in [2.05, 4.69) is 31.0 Å². The zero-order valence-corrected chi connectivity index (χ0v) is 12.4. The summed E-state index contributed by atoms with van der Waals surface area (Å²) < 4.78 is 5.21. The van der Waals surface area contributed by atoms with Gasteiger partial charge >= 0.3 is 0 Å². The molecular weight excluding hydrogens is 228 g/mol. The molecule has 0 radical (unpaired) electrons. The minimum atomic E-state index is -0.217. The zero-order valence-electron chi connectivity index (χ0n) is 12.4. The van der Waals surface area contributed by atoms with Crippen LogP contribution in [0.1, 0.15) is 33.6 Å². The van der Waals surface area contributed by atoms with E-state index >= 15 is 0 Å². The number of hydrogen-bond acceptors (Lipinski definition) is 4. The molecule has 0 saturated heterocycles. The SMILES string of the molecule is CCNC(C)(CO)CN(CCOC)C(C)C1CC1. The van der Waals surface area contributed by atoms with Crippen molar-refractivity contribution in [2.24, 2.45) is 5.92 Å². The molecule has 0 spiro atoms. The molecule has 1 aliphatic rings. The van der Waals surface area contributed by atoms with Crippen LogP contribution in [0, 0.1) is 5.92 Å². The molecule has 0 bridgehead atoms. The van der Waals surface area contributed by atoms with Crippen LogP contribution in [0.3, 0.4) is 0 Å². The molecule has 1 rings (SSSR count). The van der Waals surface area contributed by atoms with Gasteiger partial charge in [-0.3, -0.25) is 4.90 Å². The Kier molecular flexibility index (Phi) is 6.57. The van der Waals surface area contributed by atoms with Crippen LogP contribution in [-0.4, -0.2) is 61.5 Å². The highest BCUT2D eigenvalue weighted by atomic mass is 16.5. The number of aliphatic hydroxyl groups excluding tert-OH is 1. The van der Waals surface area contributed by atoms with Gasteiger partial charge in [-0.15, -0.1) is 0 Å². The van der Waals surface area contributed by atoms with Crippen molar-refractivity contribution in [1.82, 2.24) is 10.2 Å². The largest absolute Gasteiger partial charge is 0.394 e. The van der Waals surface area contributed by atoms with Gasteiger partial charge in [0.1, 0.15) is 0 Å². The van der Waals surface area contributed by atoms with Crippen molar-refractivity contribution in [3.63, 3.8) is 0 Å². The number of likely N-dealkylation sites (N-methyl/N-ethyl adjacent to an activating group) is 1. The molecule has 0 aromatic rings. The Morgan fingerprint density at radius 1 is 1.50 bits per heavy atom. The summed E-state index contributed by atoms with van der Waals surface area (Å²) in [5.74, 6) is 0.839. The van der Waals surface area contributed by atoms with E-state index in [1.807, 2.05) is 0 Å². The third-order valence-corrected chi connectivity index (χ3v) is 3.97. The highest BCUT2D eigenvalue weighted by Crippen LogP contribution is 2.35. The smallest absolute Gasteiger partial charge is 0.0623 e. The summed E-state index contributed by atoms with van der Waals surface area (Å²) in [6.07, 6.45) is 2.70. The fraction of sp³-hybridized carbons (Fsp3) is 1.00. The van der Waals surface area contributed by atoms with Crippen molar-refractivity contribution in [3.05, 3.63) is 0 Å². The van der Waals surface area contributed by atoms with Crippen LogP contribution in [-0.2, 0) is 4.74 Å². The van der Waals surface area contributed by atoms with E-state index in [0.29, 0.717) is 6.04 Å². The first-order valence-corrected chi connectivity index (χ1v) is 7.15. The van der Waals surface area contributed by atoms with E-state index < -0.39 is 0 Å². The van der Waals surface area contributed by atoms with E-state index in [0.717, 1.165) is 32.2 Å². The summed E-state index contributed by atoms with van der Waals surface area (Å²) in [6.45, 7) is 10.1. The van der Waals surface area contributed by atoms with Crippen LogP contribution in [0.2, 0.25) is 0 Å². The molecule has 0 aromatic carbocycles. The summed E-state index contributed by atoms with van der Waals surface area (Å²) in [6, 6.07) is 0.588. The average Bonchev–Trinajstić information content (AvgIpc) is 3.18. The van der Waals surface area contributed by atoms with Crippen LogP contribution in [0.15, 0.2) is 0 Å². The number of hydrogen-bond donors (Lipinski definition) is 2. The first kappa shape index (κ1) is 15.9. The highest BCUT2D eigenvalue weighted by molar-refractivity contribution is 4.91. The fourth-order valence-electron chi connectivity index (χ4n) is 2.55. The summed E-state index contributed by atoms with van der Waals surface area (Å²) in [5, 5.41) is 13.0. The second-order valence-electron chi connectivity index (χ2n) is 5.79. The molecule has 0 aliphatic heterocycles. The molecule has 4 nitrogen and oxygen atoms in total. The lowest BCUT2D eigenvalue weighted by molar-refractivity contribution is 0.0687. The molecule has 0 aromatic heterocycles. The number of methoxy groups -OCH3 is 1. The minimum absolute atomic E-state index is 0.168. The lowest BCUT2D eigenvalue weighted by Crippen LogP contribution is -2.56. The lowest BCUT2D eigenvalue weighted by Gasteiger charge is -2.38. The summed E-state index contributed by atoms with van der Waals surface area (Å²) in [7, 11) is 1.75. The molecule has 2 atom stereocenters. The normalized spacial score (nSPS) is 21.0. The summed E-state index contributed by atoms with van der Waals surface area (Å²) >= 11 is 0. The Morgan fingerprint density at radius 3 is 2.61 bits per heavy atom. The predicted octanol–water partition coefficient (Wildman–Crippen LogP) is 1.09. The van der Waals surface area contributed by atoms with Crippen LogP contribution < -0.4 is 5.32 Å². The molecule has 108 valence electrons. The molecule has 2 N–H and O–H groups in total. The molecule has 1 aliphatic carbocycles. The molecule has 2 unspecified atom stereocenters. The van der Waals surface area contributed by atoms with Crippen molar-refractivity contribution in [2.45, 2.75) is 45.2 Å². The van der Waals surface area contributed by atoms with E-state index in [1.54, 1.807) is 7.11 Å². The van der Waals surface area contributed by atoms with Gasteiger partial charge in [-0.05, 0) is 39.2 Å². The predicted molar refractivity (Wildman–Crippen MR) is 74.8 cm³/mol. The first-order chi connectivity index (χ1) is 8.56. The second kappa shape index (κ2) is 7.43. The van der Waals surface area contributed by atoms with Crippen LogP contribution >= 0.6 is 0 Å². The van der Waals surface area contributed by atoms with E-state index in [1.165, 1.54) is 12.8 Å². The summed E-state index contributed by atoms with van der Waals surface area (Å²) in [5.41, 5.74) is -0.217. The molecule has 1 fully saturated rings. The van der Waals surface area contributed by atoms with Crippen molar-refractivity contribution >= 4 is 0 Å². The topological polar surface area (TPSA) is 44.7 Å². The van der Waals surface area contributed by atoms with Crippen LogP contribution in [0.4, 0.5) is 0 Å². The molecular formula is C14H30N2O2. The van der Waals surface area contributed by atoms with Gasteiger partial charge in [0.15, 0.2) is 0 Å². The Morgan fingerprint density at radius 2 is 2.17 bits per heavy atom. The van der Waals surface area contributed by atoms with Gasteiger partial charge in [-0.1, -0.05) is 6.92 Å². The zero-order chi connectivity index (χ0) is 13.6. The van der Waals surface area contributed by atoms with Crippen LogP contribution in [0.5, 0.6) is 0 Å². The molecule has 0 amide bonds. The van der Waals surface area contributed by atoms with Gasteiger partial charge in [0.05, 0.1) is 18.8 Å². The maximum atomic E-state index is 9.61. The van der Waals surface area contributed by atoms with Gasteiger partial charge in [0.2, 0.25) is 0 Å². The van der Waals surface area contributed by atoms with Crippen molar-refractivity contribution in [3.8, 4) is 0 Å². The minimum Gasteiger partial charge on any atom is -0.394 e. The lowest BCUT2D eigenvalue weighted by atomic mass is 10.0. The van der Waals surface area contributed by atoms with Gasteiger partial charge in [0, 0.05) is 26.2 Å². The first-order valence-electron chi connectivity index (χ1n) is 7.15. The maximum Gasteiger partial charge on any atom is 0.0623 e. The summed E-state index contributed by atoms with van der Waals surface area (Å²) in [4.78, 5) is 2.46. The van der Waals surface area contributed by atoms with Crippen molar-refractivity contribution in [1.29, 1.82) is 0 Å². The molecule has 1 saturated carbocycles. The van der Waals surface area contributed by atoms with Gasteiger partial charge in [-0.25, -0.2) is 0 Å². The number of rotatable bonds is 10. The van der Waals surface area contributed by atoms with Crippen LogP contribution in [0.25, 0.3) is 0 Å². The number of nitrogens with one attached hydrogen (secondary N) is 1. The number of aliphatic hydroxyl groups is 1. The molecule has 18 heavy (non-hydrogen) atoms. The quantitative estimate of drug-likeness (QED) is 0.616. The Hall–Kier alpha value is -0.160. The molecule has 0 heterocycles. The highest BCUT2D eigenvalue weighted by Gasteiger charge is 2.35. The Bertz CT molecular complexity index is 234. The monoisotopic (exact) mass is 258 g/mol. The average molecular weight is 258 g/mol.